The van der Waals surface area contributed by atoms with Crippen molar-refractivity contribution in [1.29, 1.82) is 0 Å². The van der Waals surface area contributed by atoms with Gasteiger partial charge in [0.1, 0.15) is 0 Å². The topological polar surface area (TPSA) is 82.1 Å². The number of esters is 2. The van der Waals surface area contributed by atoms with E-state index in [1.807, 2.05) is 19.1 Å². The minimum atomic E-state index is -1.22. The third-order valence-corrected chi connectivity index (χ3v) is 3.15. The molecular weight excluding hydrogens is 300 g/mol. The minimum Gasteiger partial charge on any atom is -0.386 e. The molecule has 1 atom stereocenters. The van der Waals surface area contributed by atoms with Crippen molar-refractivity contribution in [3.05, 3.63) is 59.2 Å². The summed E-state index contributed by atoms with van der Waals surface area (Å²) < 4.78 is 15.1. The first-order valence-electron chi connectivity index (χ1n) is 7.11. The van der Waals surface area contributed by atoms with Gasteiger partial charge < -0.3 is 19.3 Å². The number of aliphatic hydroxyl groups is 1. The molecule has 122 valence electrons. The Morgan fingerprint density at radius 1 is 1.30 bits per heavy atom. The SMILES string of the molecule is C=C(/C=C/C)COCCOC(O)c1ccc2c(c1)C(=O)OC2=O. The zero-order valence-electron chi connectivity index (χ0n) is 12.8. The second-order valence-corrected chi connectivity index (χ2v) is 4.92. The minimum absolute atomic E-state index is 0.133. The number of aliphatic hydroxyl groups excluding tert-OH is 1. The zero-order valence-corrected chi connectivity index (χ0v) is 12.8. The molecule has 0 radical (unpaired) electrons. The van der Waals surface area contributed by atoms with E-state index in [0.29, 0.717) is 18.8 Å². The lowest BCUT2D eigenvalue weighted by atomic mass is 10.1. The van der Waals surface area contributed by atoms with Crippen molar-refractivity contribution < 1.29 is 28.9 Å². The lowest BCUT2D eigenvalue weighted by Gasteiger charge is -2.13. The standard InChI is InChI=1S/C17H18O6/c1-3-4-11(2)10-21-7-8-22-15(18)12-5-6-13-14(9-12)17(20)23-16(13)19/h3-6,9,15,18H,2,7-8,10H2,1H3/b4-3+. The summed E-state index contributed by atoms with van der Waals surface area (Å²) in [6.07, 6.45) is 2.50. The van der Waals surface area contributed by atoms with Crippen LogP contribution in [0.3, 0.4) is 0 Å². The molecule has 1 N–H and O–H groups in total. The third-order valence-electron chi connectivity index (χ3n) is 3.15. The van der Waals surface area contributed by atoms with Gasteiger partial charge in [0.05, 0.1) is 30.9 Å². The van der Waals surface area contributed by atoms with Crippen LogP contribution in [-0.4, -0.2) is 36.9 Å². The van der Waals surface area contributed by atoms with Crippen molar-refractivity contribution in [1.82, 2.24) is 0 Å². The molecule has 0 saturated heterocycles. The first kappa shape index (κ1) is 17.1. The number of hydrogen-bond donors (Lipinski definition) is 1. The molecule has 0 spiro atoms. The summed E-state index contributed by atoms with van der Waals surface area (Å²) in [7, 11) is 0. The Bertz CT molecular complexity index is 646. The Morgan fingerprint density at radius 3 is 2.78 bits per heavy atom. The summed E-state index contributed by atoms with van der Waals surface area (Å²) in [5.74, 6) is -1.40. The molecule has 0 aromatic heterocycles. The van der Waals surface area contributed by atoms with Gasteiger partial charge in [-0.15, -0.1) is 0 Å². The molecule has 0 saturated carbocycles. The monoisotopic (exact) mass is 318 g/mol. The van der Waals surface area contributed by atoms with Crippen LogP contribution in [0.25, 0.3) is 0 Å². The van der Waals surface area contributed by atoms with Crippen molar-refractivity contribution in [3.63, 3.8) is 0 Å². The molecule has 1 aromatic rings. The second-order valence-electron chi connectivity index (χ2n) is 4.92. The quantitative estimate of drug-likeness (QED) is 0.260. The highest BCUT2D eigenvalue weighted by atomic mass is 16.6. The maximum Gasteiger partial charge on any atom is 0.346 e. The first-order chi connectivity index (χ1) is 11.0. The fourth-order valence-electron chi connectivity index (χ4n) is 2.06. The second kappa shape index (κ2) is 7.82. The van der Waals surface area contributed by atoms with E-state index >= 15 is 0 Å². The van der Waals surface area contributed by atoms with Crippen LogP contribution in [0, 0.1) is 0 Å². The lowest BCUT2D eigenvalue weighted by Crippen LogP contribution is -2.11. The maximum atomic E-state index is 11.5. The van der Waals surface area contributed by atoms with Gasteiger partial charge in [-0.2, -0.15) is 0 Å². The lowest BCUT2D eigenvalue weighted by molar-refractivity contribution is -0.114. The molecule has 1 aliphatic heterocycles. The maximum absolute atomic E-state index is 11.5. The highest BCUT2D eigenvalue weighted by molar-refractivity contribution is 6.14. The number of carbonyl (C=O) groups excluding carboxylic acids is 2. The Hall–Kier alpha value is -2.28. The fraction of sp³-hybridized carbons (Fsp3) is 0.294. The van der Waals surface area contributed by atoms with Crippen molar-refractivity contribution in [2.24, 2.45) is 0 Å². The molecule has 0 amide bonds. The number of rotatable bonds is 8. The van der Waals surface area contributed by atoms with Gasteiger partial charge in [-0.3, -0.25) is 0 Å². The summed E-state index contributed by atoms with van der Waals surface area (Å²) in [4.78, 5) is 22.8. The molecule has 1 heterocycles. The molecule has 1 aliphatic rings. The van der Waals surface area contributed by atoms with Crippen LogP contribution in [0.1, 0.15) is 39.5 Å². The van der Waals surface area contributed by atoms with Crippen LogP contribution in [0.15, 0.2) is 42.5 Å². The highest BCUT2D eigenvalue weighted by Crippen LogP contribution is 2.24. The molecule has 0 aliphatic carbocycles. The Morgan fingerprint density at radius 2 is 2.04 bits per heavy atom. The number of allylic oxidation sites excluding steroid dienone is 1. The largest absolute Gasteiger partial charge is 0.386 e. The van der Waals surface area contributed by atoms with Gasteiger partial charge >= 0.3 is 11.9 Å². The van der Waals surface area contributed by atoms with Gasteiger partial charge in [-0.1, -0.05) is 24.8 Å². The van der Waals surface area contributed by atoms with Gasteiger partial charge in [0.2, 0.25) is 0 Å². The number of cyclic esters (lactones) is 2. The summed E-state index contributed by atoms with van der Waals surface area (Å²) in [6.45, 7) is 6.54. The van der Waals surface area contributed by atoms with Crippen molar-refractivity contribution in [3.8, 4) is 0 Å². The molecule has 6 heteroatoms. The molecule has 1 unspecified atom stereocenters. The average molecular weight is 318 g/mol. The average Bonchev–Trinajstić information content (AvgIpc) is 2.81. The van der Waals surface area contributed by atoms with Gasteiger partial charge in [0.15, 0.2) is 6.29 Å². The third kappa shape index (κ3) is 4.35. The van der Waals surface area contributed by atoms with Gasteiger partial charge in [0, 0.05) is 5.56 Å². The molecular formula is C17H18O6. The molecule has 2 rings (SSSR count). The summed E-state index contributed by atoms with van der Waals surface area (Å²) in [5, 5.41) is 9.95. The fourth-order valence-corrected chi connectivity index (χ4v) is 2.06. The molecule has 1 aromatic carbocycles. The van der Waals surface area contributed by atoms with E-state index in [4.69, 9.17) is 9.47 Å². The normalized spacial score (nSPS) is 14.9. The Balaban J connectivity index is 1.82. The molecule has 0 bridgehead atoms. The number of carbonyl (C=O) groups is 2. The van der Waals surface area contributed by atoms with E-state index < -0.39 is 18.2 Å². The summed E-state index contributed by atoms with van der Waals surface area (Å²) in [5.41, 5.74) is 1.54. The predicted molar refractivity (Wildman–Crippen MR) is 81.9 cm³/mol. The highest BCUT2D eigenvalue weighted by Gasteiger charge is 2.30. The van der Waals surface area contributed by atoms with E-state index in [-0.39, 0.29) is 17.7 Å². The summed E-state index contributed by atoms with van der Waals surface area (Å²) >= 11 is 0. The number of fused-ring (bicyclic) bond motifs is 1. The number of benzene rings is 1. The van der Waals surface area contributed by atoms with Gasteiger partial charge in [0.25, 0.3) is 0 Å². The van der Waals surface area contributed by atoms with Crippen LogP contribution in [-0.2, 0) is 14.2 Å². The Labute approximate surface area is 134 Å². The smallest absolute Gasteiger partial charge is 0.346 e. The van der Waals surface area contributed by atoms with Gasteiger partial charge in [-0.25, -0.2) is 9.59 Å². The number of hydrogen-bond acceptors (Lipinski definition) is 6. The zero-order chi connectivity index (χ0) is 16.8. The van der Waals surface area contributed by atoms with Crippen LogP contribution >= 0.6 is 0 Å². The molecule has 6 nitrogen and oxygen atoms in total. The van der Waals surface area contributed by atoms with Crippen molar-refractivity contribution >= 4 is 11.9 Å². The van der Waals surface area contributed by atoms with E-state index in [9.17, 15) is 14.7 Å². The van der Waals surface area contributed by atoms with Crippen molar-refractivity contribution in [2.75, 3.05) is 19.8 Å². The predicted octanol–water partition coefficient (Wildman–Crippen LogP) is 2.15. The van der Waals surface area contributed by atoms with Crippen LogP contribution in [0.4, 0.5) is 0 Å². The van der Waals surface area contributed by atoms with E-state index in [0.717, 1.165) is 5.57 Å². The molecule has 0 fully saturated rings. The van der Waals surface area contributed by atoms with Crippen LogP contribution in [0.5, 0.6) is 0 Å². The van der Waals surface area contributed by atoms with Crippen molar-refractivity contribution in [2.45, 2.75) is 13.2 Å². The first-order valence-corrected chi connectivity index (χ1v) is 7.11. The van der Waals surface area contributed by atoms with Crippen LogP contribution in [0.2, 0.25) is 0 Å². The summed E-state index contributed by atoms with van der Waals surface area (Å²) in [6, 6.07) is 4.34. The van der Waals surface area contributed by atoms with E-state index in [1.165, 1.54) is 18.2 Å². The van der Waals surface area contributed by atoms with Crippen LogP contribution < -0.4 is 0 Å². The Kier molecular flexibility index (Phi) is 5.81. The van der Waals surface area contributed by atoms with Gasteiger partial charge in [-0.05, 0) is 24.6 Å². The van der Waals surface area contributed by atoms with E-state index in [2.05, 4.69) is 11.3 Å². The molecule has 23 heavy (non-hydrogen) atoms. The number of ether oxygens (including phenoxy) is 3. The van der Waals surface area contributed by atoms with E-state index in [1.54, 1.807) is 0 Å².